The highest BCUT2D eigenvalue weighted by Crippen LogP contribution is 2.24. The van der Waals surface area contributed by atoms with Crippen LogP contribution in [0.5, 0.6) is 5.75 Å². The van der Waals surface area contributed by atoms with E-state index < -0.39 is 0 Å². The van der Waals surface area contributed by atoms with Crippen LogP contribution < -0.4 is 4.74 Å². The van der Waals surface area contributed by atoms with Crippen molar-refractivity contribution in [2.45, 2.75) is 6.54 Å². The highest BCUT2D eigenvalue weighted by atomic mass is 16.5. The van der Waals surface area contributed by atoms with E-state index in [9.17, 15) is 4.79 Å². The van der Waals surface area contributed by atoms with Crippen LogP contribution in [0.2, 0.25) is 0 Å². The Hall–Kier alpha value is -3.15. The number of rotatable bonds is 5. The van der Waals surface area contributed by atoms with Gasteiger partial charge in [0.1, 0.15) is 5.75 Å². The van der Waals surface area contributed by atoms with Gasteiger partial charge in [-0.05, 0) is 35.9 Å². The Kier molecular flexibility index (Phi) is 4.56. The van der Waals surface area contributed by atoms with Crippen molar-refractivity contribution in [3.8, 4) is 17.0 Å². The van der Waals surface area contributed by atoms with Gasteiger partial charge in [0.2, 0.25) is 0 Å². The molecule has 6 heteroatoms. The Bertz CT molecular complexity index is 813. The molecule has 2 aromatic heterocycles. The van der Waals surface area contributed by atoms with Crippen molar-refractivity contribution in [1.29, 1.82) is 0 Å². The van der Waals surface area contributed by atoms with Crippen LogP contribution in [0.15, 0.2) is 55.0 Å². The van der Waals surface area contributed by atoms with Gasteiger partial charge in [0, 0.05) is 31.5 Å². The molecule has 122 valence electrons. The number of benzene rings is 1. The molecule has 0 aliphatic heterocycles. The van der Waals surface area contributed by atoms with E-state index >= 15 is 0 Å². The lowest BCUT2D eigenvalue weighted by Gasteiger charge is -2.17. The molecule has 0 atom stereocenters. The minimum Gasteiger partial charge on any atom is -0.497 e. The van der Waals surface area contributed by atoms with Crippen LogP contribution >= 0.6 is 0 Å². The number of aromatic amines is 1. The average molecular weight is 322 g/mol. The Morgan fingerprint density at radius 1 is 1.21 bits per heavy atom. The number of methoxy groups -OCH3 is 1. The molecule has 1 N–H and O–H groups in total. The molecule has 0 spiro atoms. The molecular weight excluding hydrogens is 304 g/mol. The SMILES string of the molecule is COc1ccc(-c2[nH]ncc2C(=O)N(C)Cc2cccnc2)cc1. The maximum atomic E-state index is 12.7. The molecule has 1 amide bonds. The summed E-state index contributed by atoms with van der Waals surface area (Å²) in [5, 5.41) is 6.94. The summed E-state index contributed by atoms with van der Waals surface area (Å²) >= 11 is 0. The van der Waals surface area contributed by atoms with Gasteiger partial charge in [-0.2, -0.15) is 5.10 Å². The fourth-order valence-electron chi connectivity index (χ4n) is 2.47. The molecule has 0 fully saturated rings. The largest absolute Gasteiger partial charge is 0.497 e. The standard InChI is InChI=1S/C18H18N4O2/c1-22(12-13-4-3-9-19-10-13)18(23)16-11-20-21-17(16)14-5-7-15(24-2)8-6-14/h3-11H,12H2,1-2H3,(H,20,21). The third kappa shape index (κ3) is 3.27. The number of aromatic nitrogens is 3. The van der Waals surface area contributed by atoms with Crippen LogP contribution in [0, 0.1) is 0 Å². The predicted molar refractivity (Wildman–Crippen MR) is 90.6 cm³/mol. The first-order valence-corrected chi connectivity index (χ1v) is 7.51. The van der Waals surface area contributed by atoms with Crippen molar-refractivity contribution in [1.82, 2.24) is 20.1 Å². The van der Waals surface area contributed by atoms with E-state index in [-0.39, 0.29) is 5.91 Å². The average Bonchev–Trinajstić information content (AvgIpc) is 3.11. The smallest absolute Gasteiger partial charge is 0.257 e. The van der Waals surface area contributed by atoms with E-state index in [1.807, 2.05) is 36.4 Å². The molecule has 3 aromatic rings. The Balaban J connectivity index is 1.82. The quantitative estimate of drug-likeness (QED) is 0.784. The van der Waals surface area contributed by atoms with Gasteiger partial charge in [-0.3, -0.25) is 14.9 Å². The van der Waals surface area contributed by atoms with Crippen LogP contribution in [0.3, 0.4) is 0 Å². The van der Waals surface area contributed by atoms with Gasteiger partial charge in [0.05, 0.1) is 24.6 Å². The van der Waals surface area contributed by atoms with Crippen molar-refractivity contribution >= 4 is 5.91 Å². The summed E-state index contributed by atoms with van der Waals surface area (Å²) in [7, 11) is 3.38. The lowest BCUT2D eigenvalue weighted by molar-refractivity contribution is 0.0786. The van der Waals surface area contributed by atoms with Crippen LogP contribution in [0.25, 0.3) is 11.3 Å². The molecule has 1 aromatic carbocycles. The molecule has 3 rings (SSSR count). The normalized spacial score (nSPS) is 10.4. The summed E-state index contributed by atoms with van der Waals surface area (Å²) in [5.74, 6) is 0.665. The summed E-state index contributed by atoms with van der Waals surface area (Å²) in [5.41, 5.74) is 3.08. The second-order valence-electron chi connectivity index (χ2n) is 5.41. The van der Waals surface area contributed by atoms with Crippen molar-refractivity contribution in [3.05, 3.63) is 66.1 Å². The van der Waals surface area contributed by atoms with E-state index in [0.29, 0.717) is 17.8 Å². The molecule has 0 saturated heterocycles. The van der Waals surface area contributed by atoms with Gasteiger partial charge in [-0.25, -0.2) is 0 Å². The third-order valence-electron chi connectivity index (χ3n) is 3.74. The number of hydrogen-bond donors (Lipinski definition) is 1. The van der Waals surface area contributed by atoms with Gasteiger partial charge < -0.3 is 9.64 Å². The molecule has 0 bridgehead atoms. The minimum absolute atomic E-state index is 0.0987. The highest BCUT2D eigenvalue weighted by Gasteiger charge is 2.19. The van der Waals surface area contributed by atoms with E-state index in [4.69, 9.17) is 4.74 Å². The summed E-state index contributed by atoms with van der Waals surface area (Å²) in [6, 6.07) is 11.3. The minimum atomic E-state index is -0.0987. The van der Waals surface area contributed by atoms with E-state index in [0.717, 1.165) is 16.9 Å². The zero-order chi connectivity index (χ0) is 16.9. The first kappa shape index (κ1) is 15.7. The first-order valence-electron chi connectivity index (χ1n) is 7.51. The molecule has 24 heavy (non-hydrogen) atoms. The topological polar surface area (TPSA) is 71.1 Å². The number of nitrogens with one attached hydrogen (secondary N) is 1. The third-order valence-corrected chi connectivity index (χ3v) is 3.74. The van der Waals surface area contributed by atoms with Gasteiger partial charge in [0.25, 0.3) is 5.91 Å². The number of amides is 1. The fraction of sp³-hybridized carbons (Fsp3) is 0.167. The van der Waals surface area contributed by atoms with Crippen molar-refractivity contribution in [2.24, 2.45) is 0 Å². The van der Waals surface area contributed by atoms with Crippen LogP contribution in [0.4, 0.5) is 0 Å². The molecule has 6 nitrogen and oxygen atoms in total. The van der Waals surface area contributed by atoms with Crippen molar-refractivity contribution in [2.75, 3.05) is 14.2 Å². The lowest BCUT2D eigenvalue weighted by atomic mass is 10.1. The fourth-order valence-corrected chi connectivity index (χ4v) is 2.47. The van der Waals surface area contributed by atoms with E-state index in [1.165, 1.54) is 0 Å². The molecule has 2 heterocycles. The first-order chi connectivity index (χ1) is 11.7. The predicted octanol–water partition coefficient (Wildman–Crippen LogP) is 2.75. The van der Waals surface area contributed by atoms with Crippen molar-refractivity contribution in [3.63, 3.8) is 0 Å². The van der Waals surface area contributed by atoms with Gasteiger partial charge in [-0.15, -0.1) is 0 Å². The van der Waals surface area contributed by atoms with Gasteiger partial charge in [-0.1, -0.05) is 6.07 Å². The summed E-state index contributed by atoms with van der Waals surface area (Å²) in [6.07, 6.45) is 5.02. The van der Waals surface area contributed by atoms with Crippen molar-refractivity contribution < 1.29 is 9.53 Å². The van der Waals surface area contributed by atoms with Crippen LogP contribution in [-0.2, 0) is 6.54 Å². The molecule has 0 radical (unpaired) electrons. The Morgan fingerprint density at radius 3 is 2.67 bits per heavy atom. The number of pyridine rings is 1. The molecule has 0 saturated carbocycles. The summed E-state index contributed by atoms with van der Waals surface area (Å²) < 4.78 is 5.16. The van der Waals surface area contributed by atoms with Gasteiger partial charge >= 0.3 is 0 Å². The maximum absolute atomic E-state index is 12.7. The number of nitrogens with zero attached hydrogens (tertiary/aromatic N) is 3. The number of ether oxygens (including phenoxy) is 1. The maximum Gasteiger partial charge on any atom is 0.257 e. The Labute approximate surface area is 140 Å². The number of hydrogen-bond acceptors (Lipinski definition) is 4. The molecule has 0 unspecified atom stereocenters. The Morgan fingerprint density at radius 2 is 2.00 bits per heavy atom. The number of carbonyl (C=O) groups is 1. The van der Waals surface area contributed by atoms with Crippen LogP contribution in [-0.4, -0.2) is 40.1 Å². The number of H-pyrrole nitrogens is 1. The highest BCUT2D eigenvalue weighted by molar-refractivity contribution is 5.99. The van der Waals surface area contributed by atoms with E-state index in [2.05, 4.69) is 15.2 Å². The lowest BCUT2D eigenvalue weighted by Crippen LogP contribution is -2.26. The monoisotopic (exact) mass is 322 g/mol. The van der Waals surface area contributed by atoms with Gasteiger partial charge in [0.15, 0.2) is 0 Å². The molecule has 0 aliphatic carbocycles. The zero-order valence-corrected chi connectivity index (χ0v) is 13.6. The zero-order valence-electron chi connectivity index (χ0n) is 13.6. The summed E-state index contributed by atoms with van der Waals surface area (Å²) in [6.45, 7) is 0.486. The summed E-state index contributed by atoms with van der Waals surface area (Å²) in [4.78, 5) is 18.5. The molecule has 0 aliphatic rings. The second-order valence-corrected chi connectivity index (χ2v) is 5.41. The molecular formula is C18H18N4O2. The second kappa shape index (κ2) is 6.95. The number of carbonyl (C=O) groups excluding carboxylic acids is 1. The van der Waals surface area contributed by atoms with Crippen LogP contribution in [0.1, 0.15) is 15.9 Å². The van der Waals surface area contributed by atoms with E-state index in [1.54, 1.807) is 37.6 Å².